The first-order chi connectivity index (χ1) is 12.6. The molecule has 2 heterocycles. The third-order valence-corrected chi connectivity index (χ3v) is 4.72. The van der Waals surface area contributed by atoms with E-state index in [4.69, 9.17) is 11.6 Å². The van der Waals surface area contributed by atoms with Crippen LogP contribution >= 0.6 is 11.6 Å². The fourth-order valence-corrected chi connectivity index (χ4v) is 3.39. The molecule has 3 rings (SSSR count). The van der Waals surface area contributed by atoms with Crippen molar-refractivity contribution >= 4 is 23.4 Å². The van der Waals surface area contributed by atoms with Gasteiger partial charge in [-0.25, -0.2) is 0 Å². The van der Waals surface area contributed by atoms with Crippen LogP contribution in [0.15, 0.2) is 42.7 Å². The summed E-state index contributed by atoms with van der Waals surface area (Å²) in [5.41, 5.74) is 1.11. The number of hydrogen-bond donors (Lipinski definition) is 1. The van der Waals surface area contributed by atoms with Gasteiger partial charge in [0, 0.05) is 49.9 Å². The van der Waals surface area contributed by atoms with Crippen LogP contribution in [0, 0.1) is 0 Å². The van der Waals surface area contributed by atoms with Gasteiger partial charge in [0.1, 0.15) is 0 Å². The second kappa shape index (κ2) is 8.85. The zero-order valence-corrected chi connectivity index (χ0v) is 15.4. The van der Waals surface area contributed by atoms with Crippen molar-refractivity contribution in [2.45, 2.75) is 38.3 Å². The summed E-state index contributed by atoms with van der Waals surface area (Å²) in [6.45, 7) is 1.94. The Morgan fingerprint density at radius 2 is 2.19 bits per heavy atom. The van der Waals surface area contributed by atoms with Gasteiger partial charge in [0.05, 0.1) is 6.04 Å². The Hall–Kier alpha value is -2.34. The highest BCUT2D eigenvalue weighted by Gasteiger charge is 2.30. The lowest BCUT2D eigenvalue weighted by atomic mass is 10.1. The lowest BCUT2D eigenvalue weighted by Gasteiger charge is -2.17. The maximum Gasteiger partial charge on any atom is 0.224 e. The predicted molar refractivity (Wildman–Crippen MR) is 99.7 cm³/mol. The minimum atomic E-state index is -0.0981. The summed E-state index contributed by atoms with van der Waals surface area (Å²) >= 11 is 5.99. The summed E-state index contributed by atoms with van der Waals surface area (Å²) in [4.78, 5) is 26.0. The molecule has 0 aliphatic carbocycles. The molecule has 0 bridgehead atoms. The summed E-state index contributed by atoms with van der Waals surface area (Å²) in [5, 5.41) is 7.79. The van der Waals surface area contributed by atoms with Crippen LogP contribution in [0.2, 0.25) is 5.02 Å². The molecule has 1 N–H and O–H groups in total. The highest BCUT2D eigenvalue weighted by Crippen LogP contribution is 2.15. The van der Waals surface area contributed by atoms with Gasteiger partial charge in [0.2, 0.25) is 11.8 Å². The van der Waals surface area contributed by atoms with Gasteiger partial charge in [-0.3, -0.25) is 14.3 Å². The van der Waals surface area contributed by atoms with E-state index in [1.165, 1.54) is 0 Å². The molecule has 1 saturated heterocycles. The molecule has 26 heavy (non-hydrogen) atoms. The van der Waals surface area contributed by atoms with Crippen molar-refractivity contribution < 1.29 is 9.59 Å². The van der Waals surface area contributed by atoms with Gasteiger partial charge in [0.15, 0.2) is 0 Å². The molecule has 2 aromatic rings. The van der Waals surface area contributed by atoms with E-state index in [0.29, 0.717) is 31.0 Å². The van der Waals surface area contributed by atoms with E-state index in [2.05, 4.69) is 10.4 Å². The average Bonchev–Trinajstić information content (AvgIpc) is 3.23. The summed E-state index contributed by atoms with van der Waals surface area (Å²) in [6.07, 6.45) is 5.91. The van der Waals surface area contributed by atoms with E-state index < -0.39 is 0 Å². The van der Waals surface area contributed by atoms with Gasteiger partial charge in [-0.2, -0.15) is 5.10 Å². The fourth-order valence-electron chi connectivity index (χ4n) is 3.18. The summed E-state index contributed by atoms with van der Waals surface area (Å²) in [5.74, 6) is 0.0838. The molecule has 138 valence electrons. The molecule has 1 unspecified atom stereocenters. The summed E-state index contributed by atoms with van der Waals surface area (Å²) < 4.78 is 1.81. The smallest absolute Gasteiger partial charge is 0.224 e. The number of halogens is 1. The number of nitrogens with zero attached hydrogens (tertiary/aromatic N) is 3. The van der Waals surface area contributed by atoms with E-state index in [0.717, 1.165) is 24.9 Å². The maximum atomic E-state index is 12.2. The van der Waals surface area contributed by atoms with E-state index >= 15 is 0 Å². The maximum absolute atomic E-state index is 12.2. The minimum Gasteiger partial charge on any atom is -0.351 e. The van der Waals surface area contributed by atoms with Crippen LogP contribution in [0.3, 0.4) is 0 Å². The van der Waals surface area contributed by atoms with Crippen LogP contribution in [0.4, 0.5) is 0 Å². The van der Waals surface area contributed by atoms with Crippen molar-refractivity contribution in [1.82, 2.24) is 20.0 Å². The first-order valence-electron chi connectivity index (χ1n) is 8.89. The van der Waals surface area contributed by atoms with E-state index in [1.54, 1.807) is 6.20 Å². The molecule has 1 aromatic carbocycles. The van der Waals surface area contributed by atoms with Crippen LogP contribution < -0.4 is 5.32 Å². The van der Waals surface area contributed by atoms with E-state index in [-0.39, 0.29) is 17.9 Å². The van der Waals surface area contributed by atoms with Gasteiger partial charge in [-0.1, -0.05) is 23.7 Å². The lowest BCUT2D eigenvalue weighted by Crippen LogP contribution is -2.37. The van der Waals surface area contributed by atoms with Crippen LogP contribution in [0.25, 0.3) is 0 Å². The van der Waals surface area contributed by atoms with Crippen molar-refractivity contribution in [3.05, 3.63) is 53.3 Å². The molecule has 1 aliphatic rings. The Kier molecular flexibility index (Phi) is 6.28. The minimum absolute atomic E-state index is 0.00773. The van der Waals surface area contributed by atoms with Crippen LogP contribution in [-0.2, 0) is 22.6 Å². The number of carbonyl (C=O) groups is 2. The normalized spacial score (nSPS) is 16.9. The second-order valence-corrected chi connectivity index (χ2v) is 7.00. The van der Waals surface area contributed by atoms with Gasteiger partial charge < -0.3 is 10.2 Å². The lowest BCUT2D eigenvalue weighted by molar-refractivity contribution is -0.127. The highest BCUT2D eigenvalue weighted by atomic mass is 35.5. The predicted octanol–water partition coefficient (Wildman–Crippen LogP) is 2.28. The van der Waals surface area contributed by atoms with Crippen molar-refractivity contribution in [3.8, 4) is 0 Å². The topological polar surface area (TPSA) is 67.2 Å². The Balaban J connectivity index is 1.38. The van der Waals surface area contributed by atoms with Gasteiger partial charge in [-0.15, -0.1) is 0 Å². The molecule has 1 aliphatic heterocycles. The first kappa shape index (κ1) is 18.5. The van der Waals surface area contributed by atoms with Gasteiger partial charge in [-0.05, 0) is 36.6 Å². The zero-order valence-electron chi connectivity index (χ0n) is 14.6. The van der Waals surface area contributed by atoms with Crippen molar-refractivity contribution in [1.29, 1.82) is 0 Å². The molecular weight excluding hydrogens is 352 g/mol. The molecule has 0 radical (unpaired) electrons. The Labute approximate surface area is 158 Å². The Morgan fingerprint density at radius 1 is 1.31 bits per heavy atom. The molecule has 0 spiro atoms. The first-order valence-corrected chi connectivity index (χ1v) is 9.27. The van der Waals surface area contributed by atoms with Crippen LogP contribution in [0.1, 0.15) is 24.8 Å². The summed E-state index contributed by atoms with van der Waals surface area (Å²) in [7, 11) is 0. The number of aryl methyl sites for hydroxylation is 1. The Morgan fingerprint density at radius 3 is 2.96 bits per heavy atom. The largest absolute Gasteiger partial charge is 0.351 e. The van der Waals surface area contributed by atoms with E-state index in [9.17, 15) is 9.59 Å². The molecule has 1 aromatic heterocycles. The zero-order chi connectivity index (χ0) is 18.4. The number of amides is 2. The molecule has 1 atom stereocenters. The standard InChI is InChI=1S/C19H23ClN4O2/c20-16-5-1-4-15(12-16)7-11-23-14-17(13-19(23)26)22-18(25)6-2-9-24-10-3-8-21-24/h1,3-5,8,10,12,17H,2,6-7,9,11,13-14H2,(H,22,25). The number of aromatic nitrogens is 2. The molecule has 6 nitrogen and oxygen atoms in total. The second-order valence-electron chi connectivity index (χ2n) is 6.56. The Bertz CT molecular complexity index is 748. The van der Waals surface area contributed by atoms with Crippen molar-refractivity contribution in [2.75, 3.05) is 13.1 Å². The monoisotopic (exact) mass is 374 g/mol. The average molecular weight is 375 g/mol. The number of nitrogens with one attached hydrogen (secondary N) is 1. The fraction of sp³-hybridized carbons (Fsp3) is 0.421. The van der Waals surface area contributed by atoms with E-state index in [1.807, 2.05) is 46.1 Å². The number of carbonyl (C=O) groups excluding carboxylic acids is 2. The molecule has 1 fully saturated rings. The third-order valence-electron chi connectivity index (χ3n) is 4.49. The SMILES string of the molecule is O=C(CCCn1cccn1)NC1CC(=O)N(CCc2cccc(Cl)c2)C1. The van der Waals surface area contributed by atoms with Gasteiger partial charge in [0.25, 0.3) is 0 Å². The van der Waals surface area contributed by atoms with Crippen molar-refractivity contribution in [3.63, 3.8) is 0 Å². The van der Waals surface area contributed by atoms with Gasteiger partial charge >= 0.3 is 0 Å². The molecule has 0 saturated carbocycles. The molecule has 2 amide bonds. The molecule has 7 heteroatoms. The summed E-state index contributed by atoms with van der Waals surface area (Å²) in [6, 6.07) is 9.44. The number of benzene rings is 1. The third kappa shape index (κ3) is 5.33. The molecular formula is C19H23ClN4O2. The van der Waals surface area contributed by atoms with Crippen LogP contribution in [0.5, 0.6) is 0 Å². The number of likely N-dealkylation sites (tertiary alicyclic amines) is 1. The number of hydrogen-bond acceptors (Lipinski definition) is 3. The van der Waals surface area contributed by atoms with Crippen molar-refractivity contribution in [2.24, 2.45) is 0 Å². The highest BCUT2D eigenvalue weighted by molar-refractivity contribution is 6.30. The number of rotatable bonds is 8. The quantitative estimate of drug-likeness (QED) is 0.770. The van der Waals surface area contributed by atoms with Crippen LogP contribution in [-0.4, -0.2) is 45.6 Å².